The van der Waals surface area contributed by atoms with E-state index >= 15 is 0 Å². The minimum Gasteiger partial charge on any atom is -0.313 e. The zero-order chi connectivity index (χ0) is 13.9. The van der Waals surface area contributed by atoms with Gasteiger partial charge >= 0.3 is 0 Å². The number of thiazole rings is 1. The van der Waals surface area contributed by atoms with Crippen molar-refractivity contribution in [3.05, 3.63) is 51.5 Å². The Kier molecular flexibility index (Phi) is 4.18. The van der Waals surface area contributed by atoms with Crippen LogP contribution in [0.4, 0.5) is 0 Å². The fourth-order valence-corrected chi connectivity index (χ4v) is 4.05. The Labute approximate surface area is 125 Å². The predicted molar refractivity (Wildman–Crippen MR) is 85.2 cm³/mol. The minimum atomic E-state index is 0.454. The van der Waals surface area contributed by atoms with Gasteiger partial charge in [-0.2, -0.15) is 0 Å². The van der Waals surface area contributed by atoms with E-state index in [1.165, 1.54) is 41.1 Å². The Bertz CT molecular complexity index is 576. The molecule has 1 aliphatic carbocycles. The molecule has 1 aromatic carbocycles. The van der Waals surface area contributed by atoms with Crippen molar-refractivity contribution in [1.82, 2.24) is 10.3 Å². The molecule has 0 saturated carbocycles. The monoisotopic (exact) mass is 286 g/mol. The van der Waals surface area contributed by atoms with Crippen molar-refractivity contribution in [2.75, 3.05) is 7.05 Å². The Morgan fingerprint density at radius 1 is 1.35 bits per heavy atom. The SMILES string of the molecule is CNC1c2ccccc2CCCC1Cc1csc(C)n1. The molecule has 1 aromatic heterocycles. The molecule has 2 nitrogen and oxygen atoms in total. The van der Waals surface area contributed by atoms with Gasteiger partial charge in [0.05, 0.1) is 10.7 Å². The molecule has 2 atom stereocenters. The zero-order valence-electron chi connectivity index (χ0n) is 12.2. The van der Waals surface area contributed by atoms with Gasteiger partial charge in [0.25, 0.3) is 0 Å². The lowest BCUT2D eigenvalue weighted by atomic mass is 9.87. The molecule has 1 aliphatic rings. The van der Waals surface area contributed by atoms with Crippen LogP contribution in [0.2, 0.25) is 0 Å². The number of nitrogens with one attached hydrogen (secondary N) is 1. The molecule has 106 valence electrons. The van der Waals surface area contributed by atoms with Gasteiger partial charge in [0.15, 0.2) is 0 Å². The van der Waals surface area contributed by atoms with Gasteiger partial charge in [-0.05, 0) is 56.7 Å². The van der Waals surface area contributed by atoms with E-state index in [0.29, 0.717) is 12.0 Å². The normalized spacial score (nSPS) is 22.3. The molecule has 0 saturated heterocycles. The maximum atomic E-state index is 4.65. The van der Waals surface area contributed by atoms with Crippen LogP contribution in [0.5, 0.6) is 0 Å². The number of hydrogen-bond donors (Lipinski definition) is 1. The first-order valence-corrected chi connectivity index (χ1v) is 8.32. The maximum Gasteiger partial charge on any atom is 0.0897 e. The number of hydrogen-bond acceptors (Lipinski definition) is 3. The van der Waals surface area contributed by atoms with Gasteiger partial charge in [-0.25, -0.2) is 4.98 Å². The molecule has 1 N–H and O–H groups in total. The van der Waals surface area contributed by atoms with Crippen molar-refractivity contribution in [1.29, 1.82) is 0 Å². The molecule has 1 heterocycles. The first kappa shape index (κ1) is 13.8. The molecule has 0 amide bonds. The van der Waals surface area contributed by atoms with E-state index in [0.717, 1.165) is 6.42 Å². The number of nitrogens with zero attached hydrogens (tertiary/aromatic N) is 1. The number of rotatable bonds is 3. The summed E-state index contributed by atoms with van der Waals surface area (Å²) in [6.07, 6.45) is 4.85. The summed E-state index contributed by atoms with van der Waals surface area (Å²) in [4.78, 5) is 4.65. The minimum absolute atomic E-state index is 0.454. The molecule has 3 rings (SSSR count). The summed E-state index contributed by atoms with van der Waals surface area (Å²) in [5.41, 5.74) is 4.27. The van der Waals surface area contributed by atoms with E-state index in [-0.39, 0.29) is 0 Å². The quantitative estimate of drug-likeness (QED) is 0.865. The summed E-state index contributed by atoms with van der Waals surface area (Å²) >= 11 is 1.76. The van der Waals surface area contributed by atoms with E-state index in [9.17, 15) is 0 Å². The van der Waals surface area contributed by atoms with Gasteiger partial charge in [0, 0.05) is 11.4 Å². The lowest BCUT2D eigenvalue weighted by Gasteiger charge is -2.26. The highest BCUT2D eigenvalue weighted by Gasteiger charge is 2.27. The van der Waals surface area contributed by atoms with Crippen molar-refractivity contribution >= 4 is 11.3 Å². The Hall–Kier alpha value is -1.19. The van der Waals surface area contributed by atoms with Crippen LogP contribution in [0, 0.1) is 12.8 Å². The topological polar surface area (TPSA) is 24.9 Å². The van der Waals surface area contributed by atoms with Gasteiger partial charge in [0.1, 0.15) is 0 Å². The summed E-state index contributed by atoms with van der Waals surface area (Å²) in [5.74, 6) is 0.644. The second-order valence-corrected chi connectivity index (χ2v) is 6.74. The third kappa shape index (κ3) is 2.79. The largest absolute Gasteiger partial charge is 0.313 e. The molecular formula is C17H22N2S. The fourth-order valence-electron chi connectivity index (χ4n) is 3.42. The molecular weight excluding hydrogens is 264 g/mol. The predicted octanol–water partition coefficient (Wildman–Crippen LogP) is 3.91. The number of aromatic nitrogens is 1. The van der Waals surface area contributed by atoms with Crippen molar-refractivity contribution in [3.8, 4) is 0 Å². The lowest BCUT2D eigenvalue weighted by Crippen LogP contribution is -2.26. The van der Waals surface area contributed by atoms with E-state index in [1.807, 2.05) is 0 Å². The van der Waals surface area contributed by atoms with Gasteiger partial charge < -0.3 is 5.32 Å². The summed E-state index contributed by atoms with van der Waals surface area (Å²) in [5, 5.41) is 6.95. The first-order chi connectivity index (χ1) is 9.78. The Morgan fingerprint density at radius 2 is 2.20 bits per heavy atom. The molecule has 0 aliphatic heterocycles. The average molecular weight is 286 g/mol. The summed E-state index contributed by atoms with van der Waals surface area (Å²) < 4.78 is 0. The van der Waals surface area contributed by atoms with Crippen LogP contribution in [-0.4, -0.2) is 12.0 Å². The number of benzene rings is 1. The van der Waals surface area contributed by atoms with E-state index in [2.05, 4.69) is 53.9 Å². The number of aryl methyl sites for hydroxylation is 2. The van der Waals surface area contributed by atoms with Crippen LogP contribution >= 0.6 is 11.3 Å². The third-order valence-corrected chi connectivity index (χ3v) is 5.15. The second-order valence-electron chi connectivity index (χ2n) is 5.68. The fraction of sp³-hybridized carbons (Fsp3) is 0.471. The van der Waals surface area contributed by atoms with Crippen molar-refractivity contribution in [2.45, 2.75) is 38.6 Å². The van der Waals surface area contributed by atoms with Gasteiger partial charge in [0.2, 0.25) is 0 Å². The molecule has 0 bridgehead atoms. The molecule has 0 radical (unpaired) electrons. The zero-order valence-corrected chi connectivity index (χ0v) is 13.0. The van der Waals surface area contributed by atoms with Gasteiger partial charge in [-0.1, -0.05) is 24.3 Å². The molecule has 2 aromatic rings. The smallest absolute Gasteiger partial charge is 0.0897 e. The van der Waals surface area contributed by atoms with Crippen molar-refractivity contribution in [2.24, 2.45) is 5.92 Å². The average Bonchev–Trinajstić information content (AvgIpc) is 2.78. The third-order valence-electron chi connectivity index (χ3n) is 4.33. The molecule has 0 spiro atoms. The Balaban J connectivity index is 1.87. The van der Waals surface area contributed by atoms with Gasteiger partial charge in [-0.15, -0.1) is 11.3 Å². The van der Waals surface area contributed by atoms with E-state index in [4.69, 9.17) is 0 Å². The van der Waals surface area contributed by atoms with E-state index < -0.39 is 0 Å². The van der Waals surface area contributed by atoms with E-state index in [1.54, 1.807) is 11.3 Å². The van der Waals surface area contributed by atoms with Crippen LogP contribution in [0.1, 0.15) is 40.7 Å². The Morgan fingerprint density at radius 3 is 2.95 bits per heavy atom. The molecule has 20 heavy (non-hydrogen) atoms. The molecule has 2 unspecified atom stereocenters. The summed E-state index contributed by atoms with van der Waals surface area (Å²) in [6, 6.07) is 9.36. The van der Waals surface area contributed by atoms with Crippen LogP contribution in [0.15, 0.2) is 29.6 Å². The summed E-state index contributed by atoms with van der Waals surface area (Å²) in [6.45, 7) is 2.09. The van der Waals surface area contributed by atoms with Crippen molar-refractivity contribution < 1.29 is 0 Å². The highest BCUT2D eigenvalue weighted by atomic mass is 32.1. The summed E-state index contributed by atoms with van der Waals surface area (Å²) in [7, 11) is 2.09. The maximum absolute atomic E-state index is 4.65. The van der Waals surface area contributed by atoms with Crippen LogP contribution in [0.3, 0.4) is 0 Å². The first-order valence-electron chi connectivity index (χ1n) is 7.44. The van der Waals surface area contributed by atoms with Crippen LogP contribution < -0.4 is 5.32 Å². The highest BCUT2D eigenvalue weighted by Crippen LogP contribution is 2.35. The molecule has 0 fully saturated rings. The number of fused-ring (bicyclic) bond motifs is 1. The van der Waals surface area contributed by atoms with Gasteiger partial charge in [-0.3, -0.25) is 0 Å². The van der Waals surface area contributed by atoms with Crippen LogP contribution in [0.25, 0.3) is 0 Å². The van der Waals surface area contributed by atoms with Crippen LogP contribution in [-0.2, 0) is 12.8 Å². The molecule has 3 heteroatoms. The standard InChI is InChI=1S/C17H22N2S/c1-12-19-15(11-20-12)10-14-8-5-7-13-6-3-4-9-16(13)17(14)18-2/h3-4,6,9,11,14,17-18H,5,7-8,10H2,1-2H3. The van der Waals surface area contributed by atoms with Crippen molar-refractivity contribution in [3.63, 3.8) is 0 Å². The second kappa shape index (κ2) is 6.06. The lowest BCUT2D eigenvalue weighted by molar-refractivity contribution is 0.356. The highest BCUT2D eigenvalue weighted by molar-refractivity contribution is 7.09.